The van der Waals surface area contributed by atoms with Crippen molar-refractivity contribution in [2.45, 2.75) is 32.7 Å². The van der Waals surface area contributed by atoms with Crippen molar-refractivity contribution >= 4 is 17.7 Å². The second kappa shape index (κ2) is 9.08. The third-order valence-electron chi connectivity index (χ3n) is 3.41. The topological polar surface area (TPSA) is 126 Å². The minimum absolute atomic E-state index is 0.0209. The average Bonchev–Trinajstić information content (AvgIpc) is 2.62. The highest BCUT2D eigenvalue weighted by Crippen LogP contribution is 2.31. The predicted octanol–water partition coefficient (Wildman–Crippen LogP) is 3.29. The first-order valence-corrected chi connectivity index (χ1v) is 8.20. The number of benzene rings is 1. The van der Waals surface area contributed by atoms with E-state index < -0.39 is 30.2 Å². The number of hydrogen-bond donors (Lipinski definition) is 2. The summed E-state index contributed by atoms with van der Waals surface area (Å²) >= 11 is 0. The highest BCUT2D eigenvalue weighted by molar-refractivity contribution is 5.94. The van der Waals surface area contributed by atoms with Crippen molar-refractivity contribution in [1.82, 2.24) is 9.97 Å². The van der Waals surface area contributed by atoms with E-state index in [2.05, 4.69) is 24.8 Å². The molecule has 0 aliphatic rings. The number of nitrogens with zero attached hydrogens (tertiary/aromatic N) is 2. The summed E-state index contributed by atoms with van der Waals surface area (Å²) in [6.07, 6.45) is -4.39. The van der Waals surface area contributed by atoms with Gasteiger partial charge in [0.25, 0.3) is 5.91 Å². The molecule has 3 N–H and O–H groups in total. The molecule has 1 atom stereocenters. The molecule has 1 heterocycles. The first-order chi connectivity index (χ1) is 13.6. The summed E-state index contributed by atoms with van der Waals surface area (Å²) in [7, 11) is 0. The maximum Gasteiger partial charge on any atom is 0.573 e. The van der Waals surface area contributed by atoms with Crippen molar-refractivity contribution in [3.05, 3.63) is 36.2 Å². The van der Waals surface area contributed by atoms with E-state index in [-0.39, 0.29) is 29.4 Å². The summed E-state index contributed by atoms with van der Waals surface area (Å²) in [5, 5.41) is 2.43. The van der Waals surface area contributed by atoms with Crippen LogP contribution in [0.4, 0.5) is 23.7 Å². The second-order valence-corrected chi connectivity index (χ2v) is 5.65. The number of alkyl halides is 3. The maximum absolute atomic E-state index is 12.4. The molecule has 0 fully saturated rings. The quantitative estimate of drug-likeness (QED) is 0.712. The molecule has 1 aromatic carbocycles. The van der Waals surface area contributed by atoms with E-state index >= 15 is 0 Å². The van der Waals surface area contributed by atoms with Crippen LogP contribution in [0, 0.1) is 6.92 Å². The number of nitrogens with one attached hydrogen (secondary N) is 1. The molecule has 0 unspecified atom stereocenters. The predicted molar refractivity (Wildman–Crippen MR) is 93.3 cm³/mol. The van der Waals surface area contributed by atoms with Gasteiger partial charge in [-0.2, -0.15) is 0 Å². The van der Waals surface area contributed by atoms with Crippen molar-refractivity contribution < 1.29 is 37.0 Å². The second-order valence-electron chi connectivity index (χ2n) is 5.65. The number of primary amides is 1. The highest BCUT2D eigenvalue weighted by Gasteiger charge is 2.32. The van der Waals surface area contributed by atoms with E-state index in [9.17, 15) is 22.8 Å². The fourth-order valence-corrected chi connectivity index (χ4v) is 2.10. The molecule has 2 aromatic rings. The fourth-order valence-electron chi connectivity index (χ4n) is 2.10. The lowest BCUT2D eigenvalue weighted by atomic mass is 10.2. The number of carbonyl (C=O) groups is 2. The Kier molecular flexibility index (Phi) is 6.80. The molecular formula is C17H17F3N4O5. The Morgan fingerprint density at radius 2 is 1.90 bits per heavy atom. The fraction of sp³-hybridized carbons (Fsp3) is 0.294. The Labute approximate surface area is 163 Å². The van der Waals surface area contributed by atoms with Gasteiger partial charge in [-0.3, -0.25) is 4.79 Å². The number of nitrogens with two attached hydrogens (primary N) is 1. The number of hydrogen-bond acceptors (Lipinski definition) is 7. The first kappa shape index (κ1) is 21.7. The van der Waals surface area contributed by atoms with E-state index in [1.165, 1.54) is 31.5 Å². The zero-order valence-corrected chi connectivity index (χ0v) is 15.3. The molecule has 0 spiro atoms. The first-order valence-electron chi connectivity index (χ1n) is 8.20. The van der Waals surface area contributed by atoms with Gasteiger partial charge in [0.2, 0.25) is 0 Å². The molecule has 29 heavy (non-hydrogen) atoms. The molecule has 2 rings (SSSR count). The Bertz CT molecular complexity index is 874. The normalized spacial score (nSPS) is 12.0. The summed E-state index contributed by atoms with van der Waals surface area (Å²) < 4.78 is 51.2. The van der Waals surface area contributed by atoms with Crippen LogP contribution in [0.5, 0.6) is 17.5 Å². The van der Waals surface area contributed by atoms with Crippen LogP contribution in [0.1, 0.15) is 18.9 Å². The van der Waals surface area contributed by atoms with E-state index in [0.29, 0.717) is 0 Å². The monoisotopic (exact) mass is 414 g/mol. The van der Waals surface area contributed by atoms with Crippen LogP contribution in [0.15, 0.2) is 30.6 Å². The highest BCUT2D eigenvalue weighted by atomic mass is 19.4. The lowest BCUT2D eigenvalue weighted by Gasteiger charge is -2.14. The number of aromatic nitrogens is 2. The van der Waals surface area contributed by atoms with E-state index in [1.54, 1.807) is 6.92 Å². The molecule has 156 valence electrons. The molecule has 2 amide bonds. The third kappa shape index (κ3) is 6.83. The average molecular weight is 414 g/mol. The summed E-state index contributed by atoms with van der Waals surface area (Å²) in [5.41, 5.74) is 5.33. The minimum atomic E-state index is -4.84. The molecular weight excluding hydrogens is 397 g/mol. The molecule has 1 aromatic heterocycles. The van der Waals surface area contributed by atoms with E-state index in [0.717, 1.165) is 6.07 Å². The molecule has 12 heteroatoms. The van der Waals surface area contributed by atoms with Crippen molar-refractivity contribution in [1.29, 1.82) is 0 Å². The minimum Gasteiger partial charge on any atom is -0.436 e. The summed E-state index contributed by atoms with van der Waals surface area (Å²) in [6, 6.07) is 3.68. The number of amides is 2. The lowest BCUT2D eigenvalue weighted by Crippen LogP contribution is -2.33. The molecule has 0 bridgehead atoms. The molecule has 0 aliphatic heterocycles. The van der Waals surface area contributed by atoms with Crippen LogP contribution in [-0.4, -0.2) is 34.4 Å². The van der Waals surface area contributed by atoms with Gasteiger partial charge >= 0.3 is 18.5 Å². The summed E-state index contributed by atoms with van der Waals surface area (Å²) in [6.45, 7) is 3.07. The van der Waals surface area contributed by atoms with Gasteiger partial charge in [0.05, 0.1) is 18.1 Å². The van der Waals surface area contributed by atoms with Gasteiger partial charge < -0.3 is 25.3 Å². The number of aryl methyl sites for hydroxylation is 1. The smallest absolute Gasteiger partial charge is 0.436 e. The van der Waals surface area contributed by atoms with Crippen molar-refractivity contribution in [2.75, 3.05) is 5.32 Å². The zero-order chi connectivity index (χ0) is 21.6. The van der Waals surface area contributed by atoms with Gasteiger partial charge in [-0.15, -0.1) is 13.2 Å². The van der Waals surface area contributed by atoms with Gasteiger partial charge in [0, 0.05) is 6.07 Å². The van der Waals surface area contributed by atoms with Crippen molar-refractivity contribution in [2.24, 2.45) is 5.73 Å². The summed E-state index contributed by atoms with van der Waals surface area (Å²) in [5.74, 6) is -1.03. The largest absolute Gasteiger partial charge is 0.573 e. The zero-order valence-electron chi connectivity index (χ0n) is 15.3. The van der Waals surface area contributed by atoms with Crippen LogP contribution < -0.4 is 20.5 Å². The van der Waals surface area contributed by atoms with Crippen LogP contribution in [0.2, 0.25) is 0 Å². The van der Waals surface area contributed by atoms with Crippen molar-refractivity contribution in [3.63, 3.8) is 0 Å². The number of anilines is 1. The number of halogens is 3. The van der Waals surface area contributed by atoms with Gasteiger partial charge in [-0.1, -0.05) is 13.0 Å². The Morgan fingerprint density at radius 1 is 1.24 bits per heavy atom. The number of rotatable bonds is 7. The Hall–Kier alpha value is -3.57. The Morgan fingerprint density at radius 3 is 2.45 bits per heavy atom. The van der Waals surface area contributed by atoms with Crippen LogP contribution >= 0.6 is 0 Å². The number of carbonyl (C=O) groups excluding carboxylic acids is 2. The molecule has 0 saturated carbocycles. The lowest BCUT2D eigenvalue weighted by molar-refractivity contribution is -0.274. The van der Waals surface area contributed by atoms with Crippen LogP contribution in [0.3, 0.4) is 0 Å². The third-order valence-corrected chi connectivity index (χ3v) is 3.41. The van der Waals surface area contributed by atoms with Gasteiger partial charge in [-0.25, -0.2) is 14.8 Å². The SMILES string of the molecule is CC[C@@H](OC(N)=O)C(=O)Nc1cnc(Oc2ccc(C)c(OC(F)(F)F)c2)nc1. The van der Waals surface area contributed by atoms with E-state index in [1.807, 2.05) is 0 Å². The molecule has 0 aliphatic carbocycles. The Balaban J connectivity index is 2.05. The number of ether oxygens (including phenoxy) is 3. The van der Waals surface area contributed by atoms with Gasteiger partial charge in [0.15, 0.2) is 6.10 Å². The van der Waals surface area contributed by atoms with Crippen LogP contribution in [0.25, 0.3) is 0 Å². The molecule has 0 radical (unpaired) electrons. The standard InChI is InChI=1S/C17H17F3N4O5/c1-3-12(28-15(21)26)14(25)24-10-7-22-16(23-8-10)27-11-5-4-9(2)13(6-11)29-17(18,19)20/h4-8,12H,3H2,1-2H3,(H2,21,26)(H,24,25)/t12-/m1/s1. The van der Waals surface area contributed by atoms with E-state index in [4.69, 9.17) is 10.5 Å². The maximum atomic E-state index is 12.4. The molecule has 0 saturated heterocycles. The van der Waals surface area contributed by atoms with Gasteiger partial charge in [-0.05, 0) is 25.0 Å². The van der Waals surface area contributed by atoms with Crippen LogP contribution in [-0.2, 0) is 9.53 Å². The molecule has 9 nitrogen and oxygen atoms in total. The van der Waals surface area contributed by atoms with Crippen molar-refractivity contribution in [3.8, 4) is 17.5 Å². The summed E-state index contributed by atoms with van der Waals surface area (Å²) in [4.78, 5) is 30.5. The van der Waals surface area contributed by atoms with Gasteiger partial charge in [0.1, 0.15) is 11.5 Å².